The number of ether oxygens (including phenoxy) is 1. The Kier molecular flexibility index (Phi) is 5.49. The van der Waals surface area contributed by atoms with Gasteiger partial charge in [-0.15, -0.1) is 5.10 Å². The summed E-state index contributed by atoms with van der Waals surface area (Å²) < 4.78 is 44.5. The molecule has 0 spiro atoms. The first-order valence-corrected chi connectivity index (χ1v) is 8.09. The summed E-state index contributed by atoms with van der Waals surface area (Å²) in [4.78, 5) is 0. The Labute approximate surface area is 151 Å². The van der Waals surface area contributed by atoms with E-state index in [-0.39, 0.29) is 6.54 Å². The highest BCUT2D eigenvalue weighted by Crippen LogP contribution is 2.30. The molecule has 0 saturated carbocycles. The second kappa shape index (κ2) is 7.52. The molecular formula is C16H18F3N3O5. The van der Waals surface area contributed by atoms with Crippen molar-refractivity contribution in [1.82, 2.24) is 15.0 Å². The van der Waals surface area contributed by atoms with Crippen molar-refractivity contribution in [3.63, 3.8) is 0 Å². The normalized spacial score (nSPS) is 29.1. The molecule has 2 aromatic rings. The fourth-order valence-corrected chi connectivity index (χ4v) is 2.86. The summed E-state index contributed by atoms with van der Waals surface area (Å²) in [7, 11) is 0. The average molecular weight is 389 g/mol. The molecule has 5 atom stereocenters. The van der Waals surface area contributed by atoms with E-state index in [2.05, 4.69) is 10.3 Å². The van der Waals surface area contributed by atoms with Gasteiger partial charge >= 0.3 is 6.18 Å². The van der Waals surface area contributed by atoms with Gasteiger partial charge in [0, 0.05) is 5.56 Å². The quantitative estimate of drug-likeness (QED) is 0.572. The largest absolute Gasteiger partial charge is 0.416 e. The molecule has 2 heterocycles. The Morgan fingerprint density at radius 1 is 1.00 bits per heavy atom. The van der Waals surface area contributed by atoms with Gasteiger partial charge in [-0.05, 0) is 12.1 Å². The van der Waals surface area contributed by atoms with Crippen molar-refractivity contribution < 1.29 is 38.3 Å². The van der Waals surface area contributed by atoms with Crippen LogP contribution in [0.4, 0.5) is 13.2 Å². The molecule has 1 aromatic carbocycles. The monoisotopic (exact) mass is 389 g/mol. The number of alkyl halides is 3. The maximum atomic E-state index is 12.6. The van der Waals surface area contributed by atoms with E-state index in [1.54, 1.807) is 0 Å². The van der Waals surface area contributed by atoms with E-state index in [1.807, 2.05) is 0 Å². The first-order chi connectivity index (χ1) is 12.7. The van der Waals surface area contributed by atoms with Crippen LogP contribution < -0.4 is 0 Å². The predicted molar refractivity (Wildman–Crippen MR) is 84.2 cm³/mol. The summed E-state index contributed by atoms with van der Waals surface area (Å²) in [5.41, 5.74) is -0.0451. The molecule has 0 unspecified atom stereocenters. The lowest BCUT2D eigenvalue weighted by atomic mass is 9.95. The fourth-order valence-electron chi connectivity index (χ4n) is 2.86. The number of hydrogen-bond donors (Lipinski definition) is 4. The van der Waals surface area contributed by atoms with Gasteiger partial charge in [-0.25, -0.2) is 4.68 Å². The molecule has 3 rings (SSSR count). The average Bonchev–Trinajstić information content (AvgIpc) is 3.10. The molecule has 0 bridgehead atoms. The highest BCUT2D eigenvalue weighted by molar-refractivity contribution is 5.58. The van der Waals surface area contributed by atoms with Crippen molar-refractivity contribution in [3.05, 3.63) is 36.0 Å². The van der Waals surface area contributed by atoms with Crippen LogP contribution in [0.3, 0.4) is 0 Å². The van der Waals surface area contributed by atoms with Gasteiger partial charge in [0.15, 0.2) is 0 Å². The smallest absolute Gasteiger partial charge is 0.394 e. The first kappa shape index (κ1) is 19.7. The molecule has 27 heavy (non-hydrogen) atoms. The third-order valence-corrected chi connectivity index (χ3v) is 4.40. The Morgan fingerprint density at radius 2 is 1.63 bits per heavy atom. The van der Waals surface area contributed by atoms with E-state index in [4.69, 9.17) is 4.74 Å². The summed E-state index contributed by atoms with van der Waals surface area (Å²) in [5, 5.41) is 46.5. The van der Waals surface area contributed by atoms with E-state index >= 15 is 0 Å². The number of aliphatic hydroxyl groups excluding tert-OH is 4. The molecule has 0 amide bonds. The standard InChI is InChI=1S/C16H18F3N3O5/c17-16(18,19)9-3-1-8(2-4-9)10-5-22(21-20-10)6-11-13(24)15(26)14(25)12(7-23)27-11/h1-5,11-15,23-26H,6-7H2/t11-,12-,13-,14-,15-/m1/s1. The van der Waals surface area contributed by atoms with E-state index in [0.717, 1.165) is 12.1 Å². The second-order valence-electron chi connectivity index (χ2n) is 6.27. The number of halogens is 3. The predicted octanol–water partition coefficient (Wildman–Crippen LogP) is -0.194. The number of benzene rings is 1. The Balaban J connectivity index is 1.72. The number of hydrogen-bond acceptors (Lipinski definition) is 7. The zero-order valence-corrected chi connectivity index (χ0v) is 13.9. The summed E-state index contributed by atoms with van der Waals surface area (Å²) in [5.74, 6) is 0. The Morgan fingerprint density at radius 3 is 2.22 bits per heavy atom. The first-order valence-electron chi connectivity index (χ1n) is 8.09. The van der Waals surface area contributed by atoms with Gasteiger partial charge in [-0.3, -0.25) is 0 Å². The molecule has 1 aromatic heterocycles. The van der Waals surface area contributed by atoms with Crippen LogP contribution in [0.1, 0.15) is 5.56 Å². The van der Waals surface area contributed by atoms with Gasteiger partial charge in [0.05, 0.1) is 24.9 Å². The fraction of sp³-hybridized carbons (Fsp3) is 0.500. The lowest BCUT2D eigenvalue weighted by Gasteiger charge is -2.39. The summed E-state index contributed by atoms with van der Waals surface area (Å²) in [6.07, 6.45) is -9.36. The highest BCUT2D eigenvalue weighted by Gasteiger charge is 2.43. The zero-order chi connectivity index (χ0) is 19.8. The number of rotatable bonds is 4. The number of nitrogens with zero attached hydrogens (tertiary/aromatic N) is 3. The third kappa shape index (κ3) is 4.12. The molecule has 148 valence electrons. The molecule has 0 radical (unpaired) electrons. The molecule has 1 saturated heterocycles. The van der Waals surface area contributed by atoms with Crippen LogP contribution in [0.2, 0.25) is 0 Å². The van der Waals surface area contributed by atoms with Crippen LogP contribution in [-0.2, 0) is 17.5 Å². The molecule has 1 fully saturated rings. The van der Waals surface area contributed by atoms with E-state index in [0.29, 0.717) is 11.3 Å². The molecule has 1 aliphatic heterocycles. The lowest BCUT2D eigenvalue weighted by molar-refractivity contribution is -0.232. The van der Waals surface area contributed by atoms with Gasteiger partial charge in [0.25, 0.3) is 0 Å². The number of aliphatic hydroxyl groups is 4. The van der Waals surface area contributed by atoms with Crippen LogP contribution >= 0.6 is 0 Å². The molecule has 1 aliphatic rings. The van der Waals surface area contributed by atoms with Crippen LogP contribution in [-0.4, -0.2) is 72.5 Å². The second-order valence-corrected chi connectivity index (χ2v) is 6.27. The molecule has 4 N–H and O–H groups in total. The minimum absolute atomic E-state index is 0.0465. The Hall–Kier alpha value is -2.05. The van der Waals surface area contributed by atoms with Gasteiger partial charge in [-0.1, -0.05) is 17.3 Å². The van der Waals surface area contributed by atoms with Gasteiger partial charge in [0.1, 0.15) is 36.2 Å². The van der Waals surface area contributed by atoms with Crippen molar-refractivity contribution in [2.24, 2.45) is 0 Å². The van der Waals surface area contributed by atoms with E-state index < -0.39 is 48.9 Å². The van der Waals surface area contributed by atoms with E-state index in [1.165, 1.54) is 23.0 Å². The molecule has 11 heteroatoms. The van der Waals surface area contributed by atoms with Crippen molar-refractivity contribution in [3.8, 4) is 11.3 Å². The van der Waals surface area contributed by atoms with Crippen LogP contribution in [0.5, 0.6) is 0 Å². The lowest BCUT2D eigenvalue weighted by Crippen LogP contribution is -2.59. The summed E-state index contributed by atoms with van der Waals surface area (Å²) in [6, 6.07) is 4.41. The van der Waals surface area contributed by atoms with Crippen LogP contribution in [0.15, 0.2) is 30.5 Å². The topological polar surface area (TPSA) is 121 Å². The third-order valence-electron chi connectivity index (χ3n) is 4.40. The minimum Gasteiger partial charge on any atom is -0.394 e. The molecule has 8 nitrogen and oxygen atoms in total. The van der Waals surface area contributed by atoms with Gasteiger partial charge < -0.3 is 25.2 Å². The molecule has 0 aliphatic carbocycles. The van der Waals surface area contributed by atoms with Gasteiger partial charge in [0.2, 0.25) is 0 Å². The highest BCUT2D eigenvalue weighted by atomic mass is 19.4. The maximum absolute atomic E-state index is 12.6. The zero-order valence-electron chi connectivity index (χ0n) is 13.9. The van der Waals surface area contributed by atoms with Crippen molar-refractivity contribution in [2.45, 2.75) is 43.2 Å². The number of aromatic nitrogens is 3. The van der Waals surface area contributed by atoms with Crippen molar-refractivity contribution in [2.75, 3.05) is 6.61 Å². The Bertz CT molecular complexity index is 765. The summed E-state index contributed by atoms with van der Waals surface area (Å²) >= 11 is 0. The minimum atomic E-state index is -4.43. The van der Waals surface area contributed by atoms with Crippen LogP contribution in [0, 0.1) is 0 Å². The SMILES string of the molecule is OC[C@H]1O[C@H](Cn2cc(-c3ccc(C(F)(F)F)cc3)nn2)[C@@H](O)[C@@H](O)[C@@H]1O. The summed E-state index contributed by atoms with van der Waals surface area (Å²) in [6.45, 7) is -0.593. The maximum Gasteiger partial charge on any atom is 0.416 e. The van der Waals surface area contributed by atoms with Crippen molar-refractivity contribution in [1.29, 1.82) is 0 Å². The van der Waals surface area contributed by atoms with Crippen LogP contribution in [0.25, 0.3) is 11.3 Å². The van der Waals surface area contributed by atoms with E-state index in [9.17, 15) is 33.6 Å². The van der Waals surface area contributed by atoms with Crippen molar-refractivity contribution >= 4 is 0 Å². The molecular weight excluding hydrogens is 371 g/mol. The van der Waals surface area contributed by atoms with Gasteiger partial charge in [-0.2, -0.15) is 13.2 Å².